The summed E-state index contributed by atoms with van der Waals surface area (Å²) in [5.41, 5.74) is 0. The van der Waals surface area contributed by atoms with E-state index in [1.807, 2.05) is 6.92 Å². The van der Waals surface area contributed by atoms with Crippen LogP contribution >= 0.6 is 0 Å². The molecule has 0 amide bonds. The van der Waals surface area contributed by atoms with Gasteiger partial charge in [0.2, 0.25) is 11.7 Å². The molecule has 0 aliphatic rings. The van der Waals surface area contributed by atoms with Crippen LogP contribution in [0.25, 0.3) is 0 Å². The van der Waals surface area contributed by atoms with Gasteiger partial charge < -0.3 is 14.6 Å². The highest BCUT2D eigenvalue weighted by atomic mass is 16.5. The molecule has 0 aliphatic carbocycles. The van der Waals surface area contributed by atoms with Crippen molar-refractivity contribution in [2.75, 3.05) is 13.2 Å². The smallest absolute Gasteiger partial charge is 0.228 e. The van der Waals surface area contributed by atoms with Crippen molar-refractivity contribution in [3.05, 3.63) is 11.7 Å². The molecule has 0 aromatic carbocycles. The van der Waals surface area contributed by atoms with E-state index in [2.05, 4.69) is 43.2 Å². The van der Waals surface area contributed by atoms with Crippen molar-refractivity contribution >= 4 is 0 Å². The first-order valence-corrected chi connectivity index (χ1v) is 7.79. The predicted octanol–water partition coefficient (Wildman–Crippen LogP) is 3.12. The molecule has 0 bridgehead atoms. The van der Waals surface area contributed by atoms with Crippen LogP contribution in [0.4, 0.5) is 0 Å². The molecule has 1 N–H and O–H groups in total. The van der Waals surface area contributed by atoms with Gasteiger partial charge in [-0.1, -0.05) is 39.3 Å². The van der Waals surface area contributed by atoms with Crippen molar-refractivity contribution in [2.24, 2.45) is 5.92 Å². The fraction of sp³-hybridized carbons (Fsp3) is 0.867. The number of hydrogen-bond donors (Lipinski definition) is 1. The minimum absolute atomic E-state index is 0.0425. The lowest BCUT2D eigenvalue weighted by Gasteiger charge is -2.19. The molecule has 0 saturated carbocycles. The Morgan fingerprint density at radius 1 is 1.25 bits per heavy atom. The molecule has 1 aromatic rings. The lowest BCUT2D eigenvalue weighted by atomic mass is 10.0. The summed E-state index contributed by atoms with van der Waals surface area (Å²) in [6.07, 6.45) is 2.69. The van der Waals surface area contributed by atoms with Crippen molar-refractivity contribution < 1.29 is 9.26 Å². The van der Waals surface area contributed by atoms with Gasteiger partial charge in [-0.2, -0.15) is 4.98 Å². The first-order chi connectivity index (χ1) is 9.62. The molecule has 1 rings (SSSR count). The zero-order chi connectivity index (χ0) is 15.0. The van der Waals surface area contributed by atoms with Gasteiger partial charge >= 0.3 is 0 Å². The topological polar surface area (TPSA) is 60.2 Å². The molecule has 5 nitrogen and oxygen atoms in total. The number of nitrogens with one attached hydrogen (secondary N) is 1. The Morgan fingerprint density at radius 3 is 2.55 bits per heavy atom. The van der Waals surface area contributed by atoms with Crippen molar-refractivity contribution in [1.82, 2.24) is 15.5 Å². The van der Waals surface area contributed by atoms with E-state index in [4.69, 9.17) is 9.26 Å². The van der Waals surface area contributed by atoms with Gasteiger partial charge in [-0.05, 0) is 25.8 Å². The molecule has 0 spiro atoms. The lowest BCUT2D eigenvalue weighted by molar-refractivity contribution is 0.0477. The maximum Gasteiger partial charge on any atom is 0.228 e. The van der Waals surface area contributed by atoms with Gasteiger partial charge in [-0.3, -0.25) is 0 Å². The van der Waals surface area contributed by atoms with Crippen LogP contribution in [0, 0.1) is 5.92 Å². The zero-order valence-electron chi connectivity index (χ0n) is 13.5. The molecule has 5 heteroatoms. The average Bonchev–Trinajstić information content (AvgIpc) is 2.86. The van der Waals surface area contributed by atoms with E-state index < -0.39 is 0 Å². The molecular weight excluding hydrogens is 254 g/mol. The van der Waals surface area contributed by atoms with Crippen molar-refractivity contribution in [3.63, 3.8) is 0 Å². The SMILES string of the molecule is CCCC(OCC)c1noc(CC(NCC)C(C)C)n1. The summed E-state index contributed by atoms with van der Waals surface area (Å²) in [6.45, 7) is 12.2. The van der Waals surface area contributed by atoms with E-state index in [-0.39, 0.29) is 6.10 Å². The van der Waals surface area contributed by atoms with Crippen LogP contribution in [0.3, 0.4) is 0 Å². The second kappa shape index (κ2) is 9.08. The third-order valence-electron chi connectivity index (χ3n) is 3.36. The largest absolute Gasteiger partial charge is 0.370 e. The second-order valence-electron chi connectivity index (χ2n) is 5.39. The minimum atomic E-state index is -0.0425. The third kappa shape index (κ3) is 5.21. The van der Waals surface area contributed by atoms with Crippen LogP contribution in [0.1, 0.15) is 65.3 Å². The van der Waals surface area contributed by atoms with Crippen LogP contribution in [-0.4, -0.2) is 29.3 Å². The maximum atomic E-state index is 5.68. The number of hydrogen-bond acceptors (Lipinski definition) is 5. The number of nitrogens with zero attached hydrogens (tertiary/aromatic N) is 2. The lowest BCUT2D eigenvalue weighted by Crippen LogP contribution is -2.35. The van der Waals surface area contributed by atoms with E-state index in [9.17, 15) is 0 Å². The highest BCUT2D eigenvalue weighted by molar-refractivity contribution is 4.94. The average molecular weight is 283 g/mol. The maximum absolute atomic E-state index is 5.68. The van der Waals surface area contributed by atoms with Crippen LogP contribution in [0.5, 0.6) is 0 Å². The molecular formula is C15H29N3O2. The Bertz CT molecular complexity index is 360. The normalized spacial score (nSPS) is 14.7. The van der Waals surface area contributed by atoms with Crippen molar-refractivity contribution in [3.8, 4) is 0 Å². The van der Waals surface area contributed by atoms with Gasteiger partial charge in [0.05, 0.1) is 0 Å². The molecule has 0 radical (unpaired) electrons. The molecule has 1 heterocycles. The molecule has 0 saturated heterocycles. The van der Waals surface area contributed by atoms with Crippen LogP contribution in [-0.2, 0) is 11.2 Å². The molecule has 20 heavy (non-hydrogen) atoms. The summed E-state index contributed by atoms with van der Waals surface area (Å²) in [5, 5.41) is 7.55. The summed E-state index contributed by atoms with van der Waals surface area (Å²) < 4.78 is 11.1. The van der Waals surface area contributed by atoms with Gasteiger partial charge in [0.1, 0.15) is 6.10 Å². The van der Waals surface area contributed by atoms with Crippen LogP contribution < -0.4 is 5.32 Å². The first kappa shape index (κ1) is 17.1. The molecule has 116 valence electrons. The Morgan fingerprint density at radius 2 is 2.00 bits per heavy atom. The van der Waals surface area contributed by atoms with E-state index in [1.54, 1.807) is 0 Å². The van der Waals surface area contributed by atoms with Crippen LogP contribution in [0.15, 0.2) is 4.52 Å². The standard InChI is InChI=1S/C15H29N3O2/c1-6-9-13(19-8-3)15-17-14(20-18-15)10-12(11(4)5)16-7-2/h11-13,16H,6-10H2,1-5H3. The Kier molecular flexibility index (Phi) is 7.77. The highest BCUT2D eigenvalue weighted by Gasteiger charge is 2.21. The fourth-order valence-electron chi connectivity index (χ4n) is 2.23. The van der Waals surface area contributed by atoms with E-state index in [0.29, 0.717) is 30.3 Å². The Labute approximate surface area is 122 Å². The molecule has 0 fully saturated rings. The summed E-state index contributed by atoms with van der Waals surface area (Å²) in [4.78, 5) is 4.51. The minimum Gasteiger partial charge on any atom is -0.370 e. The second-order valence-corrected chi connectivity index (χ2v) is 5.39. The van der Waals surface area contributed by atoms with E-state index in [1.165, 1.54) is 0 Å². The Hall–Kier alpha value is -0.940. The van der Waals surface area contributed by atoms with Gasteiger partial charge in [-0.15, -0.1) is 0 Å². The Balaban J connectivity index is 2.69. The molecule has 2 unspecified atom stereocenters. The fourth-order valence-corrected chi connectivity index (χ4v) is 2.23. The monoisotopic (exact) mass is 283 g/mol. The van der Waals surface area contributed by atoms with Gasteiger partial charge in [0.15, 0.2) is 0 Å². The van der Waals surface area contributed by atoms with Crippen LogP contribution in [0.2, 0.25) is 0 Å². The summed E-state index contributed by atoms with van der Waals surface area (Å²) in [5.74, 6) is 1.91. The van der Waals surface area contributed by atoms with Crippen molar-refractivity contribution in [1.29, 1.82) is 0 Å². The number of aromatic nitrogens is 2. The molecule has 0 aliphatic heterocycles. The van der Waals surface area contributed by atoms with E-state index >= 15 is 0 Å². The predicted molar refractivity (Wildman–Crippen MR) is 79.6 cm³/mol. The molecule has 2 atom stereocenters. The van der Waals surface area contributed by atoms with Gasteiger partial charge in [0.25, 0.3) is 0 Å². The number of rotatable bonds is 10. The summed E-state index contributed by atoms with van der Waals surface area (Å²) in [7, 11) is 0. The third-order valence-corrected chi connectivity index (χ3v) is 3.36. The highest BCUT2D eigenvalue weighted by Crippen LogP contribution is 2.20. The van der Waals surface area contributed by atoms with Gasteiger partial charge in [0, 0.05) is 19.1 Å². The zero-order valence-corrected chi connectivity index (χ0v) is 13.5. The van der Waals surface area contributed by atoms with E-state index in [0.717, 1.165) is 25.8 Å². The summed E-state index contributed by atoms with van der Waals surface area (Å²) >= 11 is 0. The number of likely N-dealkylation sites (N-methyl/N-ethyl adjacent to an activating group) is 1. The quantitative estimate of drug-likeness (QED) is 0.715. The van der Waals surface area contributed by atoms with Crippen molar-refractivity contribution in [2.45, 2.75) is 66.0 Å². The number of ether oxygens (including phenoxy) is 1. The molecule has 1 aromatic heterocycles. The summed E-state index contributed by atoms with van der Waals surface area (Å²) in [6, 6.07) is 0.366. The van der Waals surface area contributed by atoms with Gasteiger partial charge in [-0.25, -0.2) is 0 Å². The first-order valence-electron chi connectivity index (χ1n) is 7.79.